The van der Waals surface area contributed by atoms with E-state index < -0.39 is 10.0 Å². The molecule has 1 aliphatic heterocycles. The van der Waals surface area contributed by atoms with Crippen LogP contribution in [0.25, 0.3) is 17.0 Å². The van der Waals surface area contributed by atoms with Crippen LogP contribution in [0.4, 0.5) is 17.5 Å². The molecule has 2 unspecified atom stereocenters. The van der Waals surface area contributed by atoms with Crippen LogP contribution in [-0.2, 0) is 10.0 Å². The molecule has 2 atom stereocenters. The minimum atomic E-state index is -3.78. The average molecular weight is 616 g/mol. The molecule has 2 aromatic heterocycles. The first-order valence-electron chi connectivity index (χ1n) is 14.3. The van der Waals surface area contributed by atoms with Gasteiger partial charge in [0, 0.05) is 48.2 Å². The number of furan rings is 1. The fourth-order valence-electron chi connectivity index (χ4n) is 5.22. The SMILES string of the molecule is CCN1CC(/C=C/c2cc3cc(C(C)=N)ccc3o2)C(CNc2cc(C)nc(N=C(N)Nc3ccc(S(N)(=O)=O)cc3)n2)C1. The second kappa shape index (κ2) is 13.0. The van der Waals surface area contributed by atoms with Gasteiger partial charge in [-0.05, 0) is 92.4 Å². The van der Waals surface area contributed by atoms with E-state index in [1.54, 1.807) is 19.1 Å². The number of aromatic nitrogens is 2. The minimum Gasteiger partial charge on any atom is -0.457 e. The largest absolute Gasteiger partial charge is 0.457 e. The predicted molar refractivity (Wildman–Crippen MR) is 175 cm³/mol. The zero-order valence-electron chi connectivity index (χ0n) is 24.9. The fourth-order valence-corrected chi connectivity index (χ4v) is 5.73. The molecule has 44 heavy (non-hydrogen) atoms. The number of aryl methyl sites for hydroxylation is 1. The van der Waals surface area contributed by atoms with Gasteiger partial charge in [0.25, 0.3) is 5.95 Å². The zero-order chi connectivity index (χ0) is 31.4. The maximum absolute atomic E-state index is 11.5. The van der Waals surface area contributed by atoms with Gasteiger partial charge < -0.3 is 31.1 Å². The lowest BCUT2D eigenvalue weighted by molar-refractivity contribution is 0.343. The number of nitrogens with one attached hydrogen (secondary N) is 3. The molecule has 2 aromatic carbocycles. The molecule has 12 nitrogen and oxygen atoms in total. The summed E-state index contributed by atoms with van der Waals surface area (Å²) in [6.07, 6.45) is 4.28. The molecule has 4 aromatic rings. The molecule has 7 N–H and O–H groups in total. The number of nitrogens with zero attached hydrogens (tertiary/aromatic N) is 4. The lowest BCUT2D eigenvalue weighted by atomic mass is 9.95. The van der Waals surface area contributed by atoms with E-state index in [9.17, 15) is 8.42 Å². The average Bonchev–Trinajstić information content (AvgIpc) is 3.57. The first-order valence-corrected chi connectivity index (χ1v) is 15.8. The van der Waals surface area contributed by atoms with Gasteiger partial charge >= 0.3 is 0 Å². The number of benzene rings is 2. The highest BCUT2D eigenvalue weighted by Crippen LogP contribution is 2.28. The van der Waals surface area contributed by atoms with Crippen LogP contribution in [-0.4, -0.2) is 61.1 Å². The number of likely N-dealkylation sites (tertiary alicyclic amines) is 1. The number of anilines is 2. The predicted octanol–water partition coefficient (Wildman–Crippen LogP) is 4.32. The van der Waals surface area contributed by atoms with Crippen molar-refractivity contribution in [2.75, 3.05) is 36.8 Å². The molecule has 0 radical (unpaired) electrons. The van der Waals surface area contributed by atoms with Gasteiger partial charge in [0.15, 0.2) is 0 Å². The molecular formula is C31H37N9O3S. The Morgan fingerprint density at radius 2 is 1.93 bits per heavy atom. The molecule has 3 heterocycles. The highest BCUT2D eigenvalue weighted by atomic mass is 32.2. The Kier molecular flexibility index (Phi) is 9.09. The Hall–Kier alpha value is -4.59. The van der Waals surface area contributed by atoms with E-state index in [0.29, 0.717) is 35.6 Å². The van der Waals surface area contributed by atoms with Gasteiger partial charge in [-0.15, -0.1) is 0 Å². The number of nitrogens with two attached hydrogens (primary N) is 2. The van der Waals surface area contributed by atoms with Crippen molar-refractivity contribution < 1.29 is 12.8 Å². The molecule has 0 saturated carbocycles. The van der Waals surface area contributed by atoms with Crippen LogP contribution in [0.15, 0.2) is 75.0 Å². The van der Waals surface area contributed by atoms with Gasteiger partial charge in [0.1, 0.15) is 17.2 Å². The summed E-state index contributed by atoms with van der Waals surface area (Å²) in [5.41, 5.74) is 9.57. The molecule has 1 fully saturated rings. The van der Waals surface area contributed by atoms with Crippen LogP contribution in [0.2, 0.25) is 0 Å². The Bertz CT molecular complexity index is 1830. The minimum absolute atomic E-state index is 0.00111. The van der Waals surface area contributed by atoms with Crippen molar-refractivity contribution in [3.05, 3.63) is 77.7 Å². The normalized spacial score (nSPS) is 17.9. The van der Waals surface area contributed by atoms with Gasteiger partial charge in [0.2, 0.25) is 16.0 Å². The first-order chi connectivity index (χ1) is 21.0. The monoisotopic (exact) mass is 615 g/mol. The van der Waals surface area contributed by atoms with Gasteiger partial charge in [-0.25, -0.2) is 18.5 Å². The molecule has 0 spiro atoms. The molecular weight excluding hydrogens is 578 g/mol. The summed E-state index contributed by atoms with van der Waals surface area (Å²) in [6, 6.07) is 15.5. The summed E-state index contributed by atoms with van der Waals surface area (Å²) in [5, 5.41) is 20.4. The Morgan fingerprint density at radius 1 is 1.16 bits per heavy atom. The van der Waals surface area contributed by atoms with Crippen molar-refractivity contribution in [2.24, 2.45) is 27.7 Å². The number of primary sulfonamides is 1. The summed E-state index contributed by atoms with van der Waals surface area (Å²) < 4.78 is 29.0. The molecule has 1 saturated heterocycles. The van der Waals surface area contributed by atoms with E-state index >= 15 is 0 Å². The van der Waals surface area contributed by atoms with E-state index in [1.807, 2.05) is 43.3 Å². The molecule has 5 rings (SSSR count). The lowest BCUT2D eigenvalue weighted by Crippen LogP contribution is -2.23. The van der Waals surface area contributed by atoms with Crippen LogP contribution in [0.1, 0.15) is 30.9 Å². The van der Waals surface area contributed by atoms with Crippen molar-refractivity contribution in [3.63, 3.8) is 0 Å². The van der Waals surface area contributed by atoms with Crippen molar-refractivity contribution >= 4 is 56.2 Å². The summed E-state index contributed by atoms with van der Waals surface area (Å²) >= 11 is 0. The van der Waals surface area contributed by atoms with E-state index in [1.165, 1.54) is 12.1 Å². The second-order valence-corrected chi connectivity index (χ2v) is 12.5. The lowest BCUT2D eigenvalue weighted by Gasteiger charge is -2.17. The summed E-state index contributed by atoms with van der Waals surface area (Å²) in [4.78, 5) is 15.7. The van der Waals surface area contributed by atoms with E-state index in [0.717, 1.165) is 47.6 Å². The first kappa shape index (κ1) is 30.9. The third-order valence-electron chi connectivity index (χ3n) is 7.55. The number of guanidine groups is 1. The summed E-state index contributed by atoms with van der Waals surface area (Å²) in [5.74, 6) is 2.35. The second-order valence-electron chi connectivity index (χ2n) is 10.9. The third-order valence-corrected chi connectivity index (χ3v) is 8.48. The molecule has 0 amide bonds. The van der Waals surface area contributed by atoms with Crippen LogP contribution in [0, 0.1) is 24.2 Å². The van der Waals surface area contributed by atoms with Gasteiger partial charge in [-0.2, -0.15) is 9.98 Å². The smallest absolute Gasteiger partial charge is 0.254 e. The van der Waals surface area contributed by atoms with Gasteiger partial charge in [0.05, 0.1) is 4.90 Å². The highest BCUT2D eigenvalue weighted by Gasteiger charge is 2.30. The number of hydrogen-bond acceptors (Lipinski definition) is 9. The van der Waals surface area contributed by atoms with Crippen molar-refractivity contribution in [1.29, 1.82) is 5.41 Å². The van der Waals surface area contributed by atoms with Crippen LogP contribution in [0.3, 0.4) is 0 Å². The van der Waals surface area contributed by atoms with Crippen molar-refractivity contribution in [3.8, 4) is 0 Å². The number of hydrogen-bond donors (Lipinski definition) is 5. The molecule has 1 aliphatic rings. The van der Waals surface area contributed by atoms with Crippen LogP contribution < -0.4 is 21.5 Å². The fraction of sp³-hybridized carbons (Fsp3) is 0.290. The van der Waals surface area contributed by atoms with E-state index in [2.05, 4.69) is 43.5 Å². The quantitative estimate of drug-likeness (QED) is 0.128. The van der Waals surface area contributed by atoms with Gasteiger partial charge in [-0.1, -0.05) is 13.0 Å². The van der Waals surface area contributed by atoms with Crippen molar-refractivity contribution in [2.45, 2.75) is 25.7 Å². The molecule has 0 bridgehead atoms. The number of sulfonamides is 1. The van der Waals surface area contributed by atoms with Crippen molar-refractivity contribution in [1.82, 2.24) is 14.9 Å². The topological polar surface area (TPSA) is 189 Å². The maximum atomic E-state index is 11.5. The van der Waals surface area contributed by atoms with Crippen LogP contribution in [0.5, 0.6) is 0 Å². The molecule has 0 aliphatic carbocycles. The number of rotatable bonds is 10. The van der Waals surface area contributed by atoms with E-state index in [-0.39, 0.29) is 16.8 Å². The summed E-state index contributed by atoms with van der Waals surface area (Å²) in [6.45, 7) is 9.40. The Labute approximate surface area is 256 Å². The standard InChI is InChI=1S/C31H37N9O3S/c1-4-40-17-22(5-9-26-15-23-14-21(20(3)32)6-12-28(23)43-26)24(18-40)16-35-29-13-19(2)36-31(38-29)39-30(33)37-25-7-10-27(11-8-25)44(34,41)42/h5-15,22,24,32H,4,16-18H2,1-3H3,(H2,34,41,42)(H4,33,35,36,37,38,39)/b9-5+,32-20?. The zero-order valence-corrected chi connectivity index (χ0v) is 25.7. The molecule has 230 valence electrons. The summed E-state index contributed by atoms with van der Waals surface area (Å²) in [7, 11) is -3.78. The highest BCUT2D eigenvalue weighted by molar-refractivity contribution is 7.89. The Morgan fingerprint density at radius 3 is 2.64 bits per heavy atom. The Balaban J connectivity index is 1.25. The molecule has 13 heteroatoms. The number of fused-ring (bicyclic) bond motifs is 1. The number of aliphatic imine (C=N–C) groups is 1. The van der Waals surface area contributed by atoms with E-state index in [4.69, 9.17) is 20.7 Å². The third kappa shape index (κ3) is 7.67. The van der Waals surface area contributed by atoms with Crippen LogP contribution >= 0.6 is 0 Å². The maximum Gasteiger partial charge on any atom is 0.254 e. The van der Waals surface area contributed by atoms with Gasteiger partial charge in [-0.3, -0.25) is 0 Å².